The van der Waals surface area contributed by atoms with Gasteiger partial charge < -0.3 is 10.2 Å². The van der Waals surface area contributed by atoms with E-state index in [9.17, 15) is 9.59 Å². The lowest BCUT2D eigenvalue weighted by molar-refractivity contribution is -0.116. The van der Waals surface area contributed by atoms with Crippen LogP contribution in [0.1, 0.15) is 12.5 Å². The third-order valence-corrected chi connectivity index (χ3v) is 5.63. The molecule has 0 saturated heterocycles. The Morgan fingerprint density at radius 2 is 1.70 bits per heavy atom. The number of tetrazole rings is 1. The monoisotopic (exact) mass is 458 g/mol. The summed E-state index contributed by atoms with van der Waals surface area (Å²) in [7, 11) is 0. The first-order valence-electron chi connectivity index (χ1n) is 10.3. The number of aromatic nitrogens is 4. The van der Waals surface area contributed by atoms with E-state index in [4.69, 9.17) is 0 Å². The molecule has 9 heteroatoms. The molecule has 3 aromatic carbocycles. The van der Waals surface area contributed by atoms with Crippen molar-refractivity contribution in [2.45, 2.75) is 18.6 Å². The van der Waals surface area contributed by atoms with Crippen LogP contribution in [0, 0.1) is 0 Å². The van der Waals surface area contributed by atoms with Crippen molar-refractivity contribution >= 4 is 35.0 Å². The molecule has 1 heterocycles. The van der Waals surface area contributed by atoms with Crippen LogP contribution in [0.3, 0.4) is 0 Å². The van der Waals surface area contributed by atoms with Crippen molar-refractivity contribution in [3.05, 3.63) is 90.5 Å². The Morgan fingerprint density at radius 3 is 2.42 bits per heavy atom. The Labute approximate surface area is 195 Å². The highest BCUT2D eigenvalue weighted by molar-refractivity contribution is 7.99. The van der Waals surface area contributed by atoms with E-state index in [2.05, 4.69) is 20.8 Å². The van der Waals surface area contributed by atoms with Crippen molar-refractivity contribution in [3.63, 3.8) is 0 Å². The van der Waals surface area contributed by atoms with E-state index in [0.717, 1.165) is 11.3 Å². The van der Waals surface area contributed by atoms with E-state index in [1.165, 1.54) is 18.7 Å². The SMILES string of the molecule is CC(=O)Nc1cccc(-n2nnnc2SCC(=O)N(Cc2ccccc2)c2ccccc2)c1. The van der Waals surface area contributed by atoms with Gasteiger partial charge in [0.05, 0.1) is 18.0 Å². The molecule has 0 atom stereocenters. The number of hydrogen-bond donors (Lipinski definition) is 1. The van der Waals surface area contributed by atoms with Gasteiger partial charge in [-0.25, -0.2) is 0 Å². The molecular weight excluding hydrogens is 436 g/mol. The van der Waals surface area contributed by atoms with E-state index in [0.29, 0.717) is 23.1 Å². The maximum Gasteiger partial charge on any atom is 0.237 e. The molecule has 8 nitrogen and oxygen atoms in total. The summed E-state index contributed by atoms with van der Waals surface area (Å²) < 4.78 is 1.55. The lowest BCUT2D eigenvalue weighted by Crippen LogP contribution is -2.32. The fraction of sp³-hybridized carbons (Fsp3) is 0.125. The van der Waals surface area contributed by atoms with Crippen LogP contribution < -0.4 is 10.2 Å². The maximum absolute atomic E-state index is 13.2. The van der Waals surface area contributed by atoms with Gasteiger partial charge in [-0.1, -0.05) is 66.4 Å². The number of benzene rings is 3. The van der Waals surface area contributed by atoms with Crippen molar-refractivity contribution in [1.82, 2.24) is 20.2 Å². The number of nitrogens with one attached hydrogen (secondary N) is 1. The number of hydrogen-bond acceptors (Lipinski definition) is 6. The van der Waals surface area contributed by atoms with Gasteiger partial charge in [-0.2, -0.15) is 4.68 Å². The van der Waals surface area contributed by atoms with Crippen molar-refractivity contribution in [2.75, 3.05) is 16.0 Å². The molecular formula is C24H22N6O2S. The molecule has 1 aromatic heterocycles. The highest BCUT2D eigenvalue weighted by atomic mass is 32.2. The molecule has 0 unspecified atom stereocenters. The zero-order chi connectivity index (χ0) is 23.0. The number of amides is 2. The van der Waals surface area contributed by atoms with Crippen LogP contribution in [0.15, 0.2) is 90.1 Å². The summed E-state index contributed by atoms with van der Waals surface area (Å²) in [6.45, 7) is 1.92. The fourth-order valence-electron chi connectivity index (χ4n) is 3.25. The van der Waals surface area contributed by atoms with E-state index in [1.807, 2.05) is 66.7 Å². The second kappa shape index (κ2) is 10.6. The predicted octanol–water partition coefficient (Wildman–Crippen LogP) is 3.95. The van der Waals surface area contributed by atoms with Gasteiger partial charge in [-0.3, -0.25) is 9.59 Å². The number of carbonyl (C=O) groups excluding carboxylic acids is 2. The maximum atomic E-state index is 13.2. The molecule has 0 aliphatic rings. The largest absolute Gasteiger partial charge is 0.326 e. The van der Waals surface area contributed by atoms with Gasteiger partial charge in [-0.05, 0) is 46.3 Å². The Bertz CT molecular complexity index is 1230. The van der Waals surface area contributed by atoms with Gasteiger partial charge in [0, 0.05) is 18.3 Å². The average molecular weight is 459 g/mol. The number of nitrogens with zero attached hydrogens (tertiary/aromatic N) is 5. The second-order valence-electron chi connectivity index (χ2n) is 7.19. The van der Waals surface area contributed by atoms with E-state index < -0.39 is 0 Å². The van der Waals surface area contributed by atoms with Crippen LogP contribution >= 0.6 is 11.8 Å². The van der Waals surface area contributed by atoms with Gasteiger partial charge in [0.25, 0.3) is 0 Å². The van der Waals surface area contributed by atoms with Crippen LogP contribution in [0.4, 0.5) is 11.4 Å². The molecule has 0 fully saturated rings. The smallest absolute Gasteiger partial charge is 0.237 e. The van der Waals surface area contributed by atoms with E-state index in [-0.39, 0.29) is 17.6 Å². The minimum atomic E-state index is -0.163. The Balaban J connectivity index is 1.51. The zero-order valence-electron chi connectivity index (χ0n) is 18.0. The molecule has 166 valence electrons. The number of rotatable bonds is 8. The van der Waals surface area contributed by atoms with Crippen molar-refractivity contribution < 1.29 is 9.59 Å². The molecule has 0 spiro atoms. The Morgan fingerprint density at radius 1 is 0.970 bits per heavy atom. The third kappa shape index (κ3) is 5.83. The first-order chi connectivity index (χ1) is 16.1. The minimum Gasteiger partial charge on any atom is -0.326 e. The van der Waals surface area contributed by atoms with Crippen LogP contribution in [-0.4, -0.2) is 37.8 Å². The van der Waals surface area contributed by atoms with Gasteiger partial charge in [0.2, 0.25) is 17.0 Å². The van der Waals surface area contributed by atoms with Crippen LogP contribution in [-0.2, 0) is 16.1 Å². The number of thioether (sulfide) groups is 1. The highest BCUT2D eigenvalue weighted by Crippen LogP contribution is 2.23. The fourth-order valence-corrected chi connectivity index (χ4v) is 4.02. The van der Waals surface area contributed by atoms with Gasteiger partial charge in [0.1, 0.15) is 0 Å². The van der Waals surface area contributed by atoms with Crippen LogP contribution in [0.25, 0.3) is 5.69 Å². The van der Waals surface area contributed by atoms with Crippen molar-refractivity contribution in [2.24, 2.45) is 0 Å². The van der Waals surface area contributed by atoms with Crippen LogP contribution in [0.2, 0.25) is 0 Å². The molecule has 4 rings (SSSR count). The van der Waals surface area contributed by atoms with Gasteiger partial charge >= 0.3 is 0 Å². The molecule has 1 N–H and O–H groups in total. The summed E-state index contributed by atoms with van der Waals surface area (Å²) in [6.07, 6.45) is 0. The molecule has 2 amide bonds. The van der Waals surface area contributed by atoms with Crippen LogP contribution in [0.5, 0.6) is 0 Å². The van der Waals surface area contributed by atoms with Gasteiger partial charge in [0.15, 0.2) is 0 Å². The molecule has 0 saturated carbocycles. The van der Waals surface area contributed by atoms with Crippen molar-refractivity contribution in [3.8, 4) is 5.69 Å². The summed E-state index contributed by atoms with van der Waals surface area (Å²) in [6, 6.07) is 26.7. The molecule has 0 aliphatic carbocycles. The number of para-hydroxylation sites is 1. The molecule has 0 radical (unpaired) electrons. The molecule has 0 aliphatic heterocycles. The quantitative estimate of drug-likeness (QED) is 0.402. The summed E-state index contributed by atoms with van der Waals surface area (Å²) in [4.78, 5) is 26.4. The number of anilines is 2. The summed E-state index contributed by atoms with van der Waals surface area (Å²) >= 11 is 1.26. The first-order valence-corrected chi connectivity index (χ1v) is 11.3. The van der Waals surface area contributed by atoms with Gasteiger partial charge in [-0.15, -0.1) is 5.10 Å². The van der Waals surface area contributed by atoms with Crippen molar-refractivity contribution in [1.29, 1.82) is 0 Å². The second-order valence-corrected chi connectivity index (χ2v) is 8.14. The Kier molecular flexibility index (Phi) is 7.11. The summed E-state index contributed by atoms with van der Waals surface area (Å²) in [5.74, 6) is -0.0619. The molecule has 4 aromatic rings. The average Bonchev–Trinajstić information content (AvgIpc) is 3.31. The number of carbonyl (C=O) groups is 2. The molecule has 0 bridgehead atoms. The standard InChI is InChI=1S/C24H22N6O2S/c1-18(31)25-20-11-8-14-22(15-20)30-24(26-27-28-30)33-17-23(32)29(21-12-6-3-7-13-21)16-19-9-4-2-5-10-19/h2-15H,16-17H2,1H3,(H,25,31). The molecule has 33 heavy (non-hydrogen) atoms. The lowest BCUT2D eigenvalue weighted by Gasteiger charge is -2.23. The third-order valence-electron chi connectivity index (χ3n) is 4.73. The normalized spacial score (nSPS) is 10.6. The van der Waals surface area contributed by atoms with E-state index >= 15 is 0 Å². The zero-order valence-corrected chi connectivity index (χ0v) is 18.8. The lowest BCUT2D eigenvalue weighted by atomic mass is 10.2. The Hall–Kier alpha value is -3.98. The summed E-state index contributed by atoms with van der Waals surface area (Å²) in [5.41, 5.74) is 3.19. The predicted molar refractivity (Wildman–Crippen MR) is 128 cm³/mol. The summed E-state index contributed by atoms with van der Waals surface area (Å²) in [5, 5.41) is 15.1. The van der Waals surface area contributed by atoms with E-state index in [1.54, 1.807) is 27.8 Å². The topological polar surface area (TPSA) is 93.0 Å². The first kappa shape index (κ1) is 22.2. The minimum absolute atomic E-state index is 0.0587. The highest BCUT2D eigenvalue weighted by Gasteiger charge is 2.19.